The van der Waals surface area contributed by atoms with Gasteiger partial charge in [0.05, 0.1) is 5.69 Å². The second-order valence-electron chi connectivity index (χ2n) is 9.37. The first-order valence-corrected chi connectivity index (χ1v) is 12.2. The standard InChI is InChI=1S/C27H29ClN4O2/c1-17-6-8-20(22-12-14-31(3)30-22)21(15-17)27(33)32-13-4-5-18(2)24(32)9-11-26-29-23-16-19(28)7-10-25(23)34-26/h6-8,10,12,14-16,18,24H,4-5,9,11,13H2,1-3H3/t18-,24-/m1/s1. The van der Waals surface area contributed by atoms with Gasteiger partial charge in [-0.3, -0.25) is 9.48 Å². The van der Waals surface area contributed by atoms with Crippen molar-refractivity contribution in [3.8, 4) is 11.3 Å². The molecule has 6 nitrogen and oxygen atoms in total. The lowest BCUT2D eigenvalue weighted by molar-refractivity contribution is 0.0497. The normalized spacial score (nSPS) is 18.5. The monoisotopic (exact) mass is 476 g/mol. The quantitative estimate of drug-likeness (QED) is 0.351. The summed E-state index contributed by atoms with van der Waals surface area (Å²) >= 11 is 6.10. The molecule has 2 aromatic heterocycles. The number of hydrogen-bond acceptors (Lipinski definition) is 4. The topological polar surface area (TPSA) is 64.2 Å². The van der Waals surface area contributed by atoms with Gasteiger partial charge in [-0.15, -0.1) is 0 Å². The lowest BCUT2D eigenvalue weighted by atomic mass is 9.87. The molecule has 7 heteroatoms. The number of halogens is 1. The van der Waals surface area contributed by atoms with E-state index in [1.165, 1.54) is 0 Å². The summed E-state index contributed by atoms with van der Waals surface area (Å²) in [6.07, 6.45) is 5.50. The maximum absolute atomic E-state index is 13.9. The first kappa shape index (κ1) is 22.7. The Hall–Kier alpha value is -3.12. The summed E-state index contributed by atoms with van der Waals surface area (Å²) in [7, 11) is 1.89. The minimum atomic E-state index is 0.0743. The Morgan fingerprint density at radius 2 is 2.06 bits per heavy atom. The van der Waals surface area contributed by atoms with Crippen LogP contribution < -0.4 is 0 Å². The minimum Gasteiger partial charge on any atom is -0.441 e. The number of likely N-dealkylation sites (tertiary alicyclic amines) is 1. The molecule has 0 spiro atoms. The van der Waals surface area contributed by atoms with E-state index in [4.69, 9.17) is 16.0 Å². The molecule has 0 radical (unpaired) electrons. The van der Waals surface area contributed by atoms with Gasteiger partial charge in [0.25, 0.3) is 5.91 Å². The molecule has 2 atom stereocenters. The molecule has 34 heavy (non-hydrogen) atoms. The summed E-state index contributed by atoms with van der Waals surface area (Å²) < 4.78 is 7.71. The molecule has 1 fully saturated rings. The molecular weight excluding hydrogens is 448 g/mol. The van der Waals surface area contributed by atoms with E-state index in [1.54, 1.807) is 4.68 Å². The minimum absolute atomic E-state index is 0.0743. The summed E-state index contributed by atoms with van der Waals surface area (Å²) in [5.41, 5.74) is 4.99. The highest BCUT2D eigenvalue weighted by molar-refractivity contribution is 6.31. The predicted molar refractivity (Wildman–Crippen MR) is 134 cm³/mol. The van der Waals surface area contributed by atoms with Gasteiger partial charge in [0.15, 0.2) is 11.5 Å². The molecule has 0 bridgehead atoms. The van der Waals surface area contributed by atoms with Gasteiger partial charge < -0.3 is 9.32 Å². The van der Waals surface area contributed by atoms with Crippen molar-refractivity contribution in [3.05, 3.63) is 70.7 Å². The summed E-state index contributed by atoms with van der Waals surface area (Å²) in [5, 5.41) is 5.20. The van der Waals surface area contributed by atoms with Crippen LogP contribution in [0.15, 0.2) is 53.1 Å². The van der Waals surface area contributed by atoms with Crippen molar-refractivity contribution in [2.45, 2.75) is 45.6 Å². The molecule has 0 N–H and O–H groups in total. The zero-order valence-corrected chi connectivity index (χ0v) is 20.5. The van der Waals surface area contributed by atoms with Gasteiger partial charge in [-0.25, -0.2) is 4.98 Å². The third-order valence-electron chi connectivity index (χ3n) is 6.82. The highest BCUT2D eigenvalue weighted by Crippen LogP contribution is 2.32. The number of hydrogen-bond donors (Lipinski definition) is 0. The Balaban J connectivity index is 1.41. The SMILES string of the molecule is Cc1ccc(-c2ccn(C)n2)c(C(=O)N2CCC[C@@H](C)[C@H]2CCc2nc3cc(Cl)ccc3o2)c1. The lowest BCUT2D eigenvalue weighted by Gasteiger charge is -2.40. The van der Waals surface area contributed by atoms with Gasteiger partial charge in [-0.1, -0.05) is 36.2 Å². The number of nitrogens with zero attached hydrogens (tertiary/aromatic N) is 4. The first-order valence-electron chi connectivity index (χ1n) is 11.9. The molecule has 0 unspecified atom stereocenters. The van der Waals surface area contributed by atoms with E-state index in [0.29, 0.717) is 28.8 Å². The smallest absolute Gasteiger partial charge is 0.254 e. The molecule has 3 heterocycles. The Bertz CT molecular complexity index is 1340. The highest BCUT2D eigenvalue weighted by atomic mass is 35.5. The molecule has 1 aliphatic rings. The Kier molecular flexibility index (Phi) is 6.17. The number of aryl methyl sites for hydroxylation is 3. The molecular formula is C27H29ClN4O2. The van der Waals surface area contributed by atoms with Crippen LogP contribution >= 0.6 is 11.6 Å². The fraction of sp³-hybridized carbons (Fsp3) is 0.370. The summed E-state index contributed by atoms with van der Waals surface area (Å²) in [5.74, 6) is 1.16. The predicted octanol–water partition coefficient (Wildman–Crippen LogP) is 6.06. The average molecular weight is 477 g/mol. The van der Waals surface area contributed by atoms with E-state index < -0.39 is 0 Å². The van der Waals surface area contributed by atoms with E-state index in [1.807, 2.05) is 62.6 Å². The van der Waals surface area contributed by atoms with Gasteiger partial charge in [-0.2, -0.15) is 5.10 Å². The number of benzene rings is 2. The fourth-order valence-corrected chi connectivity index (χ4v) is 5.21. The van der Waals surface area contributed by atoms with Gasteiger partial charge in [0.1, 0.15) is 5.52 Å². The van der Waals surface area contributed by atoms with E-state index in [-0.39, 0.29) is 11.9 Å². The molecule has 1 amide bonds. The van der Waals surface area contributed by atoms with Gasteiger partial charge in [-0.05, 0) is 62.4 Å². The molecule has 0 aliphatic carbocycles. The van der Waals surface area contributed by atoms with Crippen molar-refractivity contribution in [3.63, 3.8) is 0 Å². The maximum atomic E-state index is 13.9. The van der Waals surface area contributed by atoms with Gasteiger partial charge in [0, 0.05) is 48.4 Å². The molecule has 1 saturated heterocycles. The van der Waals surface area contributed by atoms with Crippen molar-refractivity contribution in [1.29, 1.82) is 0 Å². The largest absolute Gasteiger partial charge is 0.441 e. The summed E-state index contributed by atoms with van der Waals surface area (Å²) in [6.45, 7) is 5.02. The van der Waals surface area contributed by atoms with Crippen molar-refractivity contribution < 1.29 is 9.21 Å². The molecule has 5 rings (SSSR count). The summed E-state index contributed by atoms with van der Waals surface area (Å²) in [6, 6.07) is 13.6. The number of carbonyl (C=O) groups excluding carboxylic acids is 1. The number of carbonyl (C=O) groups is 1. The van der Waals surface area contributed by atoms with Gasteiger partial charge >= 0.3 is 0 Å². The lowest BCUT2D eigenvalue weighted by Crippen LogP contribution is -2.48. The first-order chi connectivity index (χ1) is 16.4. The molecule has 2 aromatic carbocycles. The van der Waals surface area contributed by atoms with Crippen LogP contribution in [0.2, 0.25) is 5.02 Å². The zero-order chi connectivity index (χ0) is 23.8. The molecule has 0 saturated carbocycles. The average Bonchev–Trinajstić information content (AvgIpc) is 3.43. The fourth-order valence-electron chi connectivity index (χ4n) is 5.04. The van der Waals surface area contributed by atoms with Crippen LogP contribution in [-0.2, 0) is 13.5 Å². The van der Waals surface area contributed by atoms with Crippen LogP contribution in [0.4, 0.5) is 0 Å². The second-order valence-corrected chi connectivity index (χ2v) is 9.80. The van der Waals surface area contributed by atoms with Crippen LogP contribution in [0.1, 0.15) is 48.0 Å². The number of piperidine rings is 1. The summed E-state index contributed by atoms with van der Waals surface area (Å²) in [4.78, 5) is 20.6. The number of rotatable bonds is 5. The van der Waals surface area contributed by atoms with Gasteiger partial charge in [0.2, 0.25) is 0 Å². The third-order valence-corrected chi connectivity index (χ3v) is 7.05. The van der Waals surface area contributed by atoms with Crippen LogP contribution in [0.25, 0.3) is 22.4 Å². The number of aromatic nitrogens is 3. The van der Waals surface area contributed by atoms with Crippen LogP contribution in [0.3, 0.4) is 0 Å². The maximum Gasteiger partial charge on any atom is 0.254 e. The Labute approximate surface area is 204 Å². The second kappa shape index (κ2) is 9.26. The van der Waals surface area contributed by atoms with Crippen LogP contribution in [0.5, 0.6) is 0 Å². The Morgan fingerprint density at radius 3 is 2.85 bits per heavy atom. The molecule has 1 aliphatic heterocycles. The number of fused-ring (bicyclic) bond motifs is 1. The van der Waals surface area contributed by atoms with Crippen molar-refractivity contribution in [2.24, 2.45) is 13.0 Å². The van der Waals surface area contributed by atoms with E-state index in [0.717, 1.165) is 53.7 Å². The molecule has 4 aromatic rings. The molecule has 176 valence electrons. The highest BCUT2D eigenvalue weighted by Gasteiger charge is 2.33. The third kappa shape index (κ3) is 4.47. The zero-order valence-electron chi connectivity index (χ0n) is 19.8. The van der Waals surface area contributed by atoms with Crippen molar-refractivity contribution in [2.75, 3.05) is 6.54 Å². The Morgan fingerprint density at radius 1 is 1.21 bits per heavy atom. The van der Waals surface area contributed by atoms with Crippen molar-refractivity contribution >= 4 is 28.6 Å². The van der Waals surface area contributed by atoms with E-state index in [9.17, 15) is 4.79 Å². The number of amides is 1. The van der Waals surface area contributed by atoms with Crippen molar-refractivity contribution in [1.82, 2.24) is 19.7 Å². The number of oxazole rings is 1. The van der Waals surface area contributed by atoms with E-state index >= 15 is 0 Å². The van der Waals surface area contributed by atoms with Crippen LogP contribution in [0, 0.1) is 12.8 Å². The van der Waals surface area contributed by atoms with E-state index in [2.05, 4.69) is 21.9 Å². The van der Waals surface area contributed by atoms with Crippen LogP contribution in [-0.4, -0.2) is 38.2 Å².